The van der Waals surface area contributed by atoms with Crippen LogP contribution in [0.4, 0.5) is 0 Å². The van der Waals surface area contributed by atoms with Gasteiger partial charge in [0, 0.05) is 24.7 Å². The molecular formula is C13H16ClN3. The van der Waals surface area contributed by atoms with Gasteiger partial charge in [-0.1, -0.05) is 23.7 Å². The Hall–Kier alpha value is -1.08. The third kappa shape index (κ3) is 3.19. The fourth-order valence-electron chi connectivity index (χ4n) is 2.17. The lowest BCUT2D eigenvalue weighted by Gasteiger charge is -2.25. The first-order chi connectivity index (χ1) is 8.31. The summed E-state index contributed by atoms with van der Waals surface area (Å²) < 4.78 is 0. The van der Waals surface area contributed by atoms with Gasteiger partial charge in [0.1, 0.15) is 6.04 Å². The van der Waals surface area contributed by atoms with E-state index in [0.717, 1.165) is 38.2 Å². The molecule has 1 saturated heterocycles. The predicted octanol–water partition coefficient (Wildman–Crippen LogP) is 2.20. The van der Waals surface area contributed by atoms with Crippen LogP contribution in [0.15, 0.2) is 24.3 Å². The van der Waals surface area contributed by atoms with E-state index in [9.17, 15) is 5.26 Å². The summed E-state index contributed by atoms with van der Waals surface area (Å²) in [6, 6.07) is 9.79. The highest BCUT2D eigenvalue weighted by atomic mass is 35.5. The van der Waals surface area contributed by atoms with Crippen LogP contribution in [0.1, 0.15) is 18.0 Å². The van der Waals surface area contributed by atoms with Crippen molar-refractivity contribution in [1.29, 1.82) is 5.26 Å². The molecule has 0 radical (unpaired) electrons. The van der Waals surface area contributed by atoms with Crippen molar-refractivity contribution in [2.45, 2.75) is 12.5 Å². The van der Waals surface area contributed by atoms with Crippen LogP contribution in [0, 0.1) is 11.3 Å². The molecule has 0 aromatic heterocycles. The molecule has 0 spiro atoms. The summed E-state index contributed by atoms with van der Waals surface area (Å²) in [5.74, 6) is 0. The number of nitrogens with one attached hydrogen (secondary N) is 1. The summed E-state index contributed by atoms with van der Waals surface area (Å²) in [6.45, 7) is 3.84. The van der Waals surface area contributed by atoms with E-state index in [1.54, 1.807) is 0 Å². The van der Waals surface area contributed by atoms with Crippen LogP contribution in [0.5, 0.6) is 0 Å². The Balaban J connectivity index is 2.18. The zero-order chi connectivity index (χ0) is 12.1. The maximum Gasteiger partial charge on any atom is 0.123 e. The summed E-state index contributed by atoms with van der Waals surface area (Å²) in [4.78, 5) is 2.21. The van der Waals surface area contributed by atoms with Gasteiger partial charge in [-0.3, -0.25) is 4.90 Å². The maximum absolute atomic E-state index is 9.36. The molecule has 2 rings (SSSR count). The van der Waals surface area contributed by atoms with Gasteiger partial charge in [0.25, 0.3) is 0 Å². The third-order valence-corrected chi connectivity index (χ3v) is 3.26. The lowest BCUT2D eigenvalue weighted by Crippen LogP contribution is -2.31. The van der Waals surface area contributed by atoms with Gasteiger partial charge in [-0.2, -0.15) is 5.26 Å². The zero-order valence-electron chi connectivity index (χ0n) is 9.69. The Morgan fingerprint density at radius 2 is 2.24 bits per heavy atom. The van der Waals surface area contributed by atoms with Crippen LogP contribution >= 0.6 is 11.6 Å². The van der Waals surface area contributed by atoms with E-state index in [4.69, 9.17) is 11.6 Å². The molecule has 0 aliphatic carbocycles. The second-order valence-corrected chi connectivity index (χ2v) is 4.66. The van der Waals surface area contributed by atoms with Crippen LogP contribution in [-0.4, -0.2) is 31.1 Å². The first-order valence-electron chi connectivity index (χ1n) is 5.91. The molecule has 1 heterocycles. The topological polar surface area (TPSA) is 39.1 Å². The summed E-state index contributed by atoms with van der Waals surface area (Å²) in [7, 11) is 0. The van der Waals surface area contributed by atoms with Crippen molar-refractivity contribution in [3.05, 3.63) is 34.9 Å². The normalized spacial score (nSPS) is 19.3. The van der Waals surface area contributed by atoms with E-state index >= 15 is 0 Å². The van der Waals surface area contributed by atoms with Crippen molar-refractivity contribution in [3.8, 4) is 6.07 Å². The number of halogens is 1. The first-order valence-corrected chi connectivity index (χ1v) is 6.29. The molecule has 1 fully saturated rings. The second-order valence-electron chi connectivity index (χ2n) is 4.23. The minimum absolute atomic E-state index is 0.186. The smallest absolute Gasteiger partial charge is 0.123 e. The van der Waals surface area contributed by atoms with E-state index in [0.29, 0.717) is 5.02 Å². The van der Waals surface area contributed by atoms with Crippen LogP contribution < -0.4 is 5.32 Å². The lowest BCUT2D eigenvalue weighted by atomic mass is 10.1. The molecule has 0 bridgehead atoms. The number of hydrogen-bond donors (Lipinski definition) is 1. The molecule has 1 aromatic carbocycles. The van der Waals surface area contributed by atoms with Crippen molar-refractivity contribution in [2.75, 3.05) is 26.2 Å². The molecule has 1 N–H and O–H groups in total. The van der Waals surface area contributed by atoms with Gasteiger partial charge in [-0.15, -0.1) is 0 Å². The van der Waals surface area contributed by atoms with Crippen molar-refractivity contribution < 1.29 is 0 Å². The molecule has 0 saturated carbocycles. The molecular weight excluding hydrogens is 234 g/mol. The van der Waals surface area contributed by atoms with E-state index in [1.165, 1.54) is 0 Å². The zero-order valence-corrected chi connectivity index (χ0v) is 10.5. The van der Waals surface area contributed by atoms with Gasteiger partial charge in [0.05, 0.1) is 6.07 Å². The minimum atomic E-state index is -0.186. The minimum Gasteiger partial charge on any atom is -0.315 e. The number of benzene rings is 1. The van der Waals surface area contributed by atoms with Crippen molar-refractivity contribution in [3.63, 3.8) is 0 Å². The summed E-state index contributed by atoms with van der Waals surface area (Å²) >= 11 is 5.98. The summed E-state index contributed by atoms with van der Waals surface area (Å²) in [5.41, 5.74) is 0.988. The highest BCUT2D eigenvalue weighted by molar-refractivity contribution is 6.30. The van der Waals surface area contributed by atoms with Gasteiger partial charge in [0.15, 0.2) is 0 Å². The standard InChI is InChI=1S/C13H16ClN3/c14-12-4-1-3-11(9-12)13(10-15)17-7-2-5-16-6-8-17/h1,3-4,9,13,16H,2,5-8H2. The fourth-order valence-corrected chi connectivity index (χ4v) is 2.37. The van der Waals surface area contributed by atoms with Crippen molar-refractivity contribution in [1.82, 2.24) is 10.2 Å². The Morgan fingerprint density at radius 1 is 1.35 bits per heavy atom. The van der Waals surface area contributed by atoms with Crippen molar-refractivity contribution in [2.24, 2.45) is 0 Å². The fraction of sp³-hybridized carbons (Fsp3) is 0.462. The molecule has 1 aromatic rings. The predicted molar refractivity (Wildman–Crippen MR) is 68.9 cm³/mol. The molecule has 17 heavy (non-hydrogen) atoms. The number of hydrogen-bond acceptors (Lipinski definition) is 3. The summed E-state index contributed by atoms with van der Waals surface area (Å²) in [6.07, 6.45) is 1.08. The largest absolute Gasteiger partial charge is 0.315 e. The Labute approximate surface area is 107 Å². The van der Waals surface area contributed by atoms with Crippen LogP contribution in [0.3, 0.4) is 0 Å². The molecule has 90 valence electrons. The molecule has 1 aliphatic rings. The van der Waals surface area contributed by atoms with Gasteiger partial charge in [-0.05, 0) is 30.7 Å². The van der Waals surface area contributed by atoms with Gasteiger partial charge < -0.3 is 5.32 Å². The van der Waals surface area contributed by atoms with Crippen molar-refractivity contribution >= 4 is 11.6 Å². The second kappa shape index (κ2) is 6.02. The molecule has 1 aliphatic heterocycles. The van der Waals surface area contributed by atoms with E-state index in [-0.39, 0.29) is 6.04 Å². The average molecular weight is 250 g/mol. The quantitative estimate of drug-likeness (QED) is 0.874. The van der Waals surface area contributed by atoms with Crippen LogP contribution in [0.25, 0.3) is 0 Å². The Morgan fingerprint density at radius 3 is 3.00 bits per heavy atom. The molecule has 0 amide bonds. The summed E-state index contributed by atoms with van der Waals surface area (Å²) in [5, 5.41) is 13.4. The third-order valence-electron chi connectivity index (χ3n) is 3.03. The number of rotatable bonds is 2. The van der Waals surface area contributed by atoms with Gasteiger partial charge in [0.2, 0.25) is 0 Å². The van der Waals surface area contributed by atoms with Crippen LogP contribution in [0.2, 0.25) is 5.02 Å². The van der Waals surface area contributed by atoms with Gasteiger partial charge in [-0.25, -0.2) is 0 Å². The first kappa shape index (κ1) is 12.4. The molecule has 4 heteroatoms. The maximum atomic E-state index is 9.36. The highest BCUT2D eigenvalue weighted by Crippen LogP contribution is 2.23. The van der Waals surface area contributed by atoms with E-state index < -0.39 is 0 Å². The Bertz CT molecular complexity index is 405. The SMILES string of the molecule is N#CC(c1cccc(Cl)c1)N1CCCNCC1. The molecule has 1 atom stereocenters. The monoisotopic (exact) mass is 249 g/mol. The van der Waals surface area contributed by atoms with E-state index in [1.807, 2.05) is 24.3 Å². The highest BCUT2D eigenvalue weighted by Gasteiger charge is 2.20. The number of nitrogens with zero attached hydrogens (tertiary/aromatic N) is 2. The Kier molecular flexibility index (Phi) is 4.38. The average Bonchev–Trinajstić information content (AvgIpc) is 2.59. The molecule has 3 nitrogen and oxygen atoms in total. The molecule has 1 unspecified atom stereocenters. The van der Waals surface area contributed by atoms with Crippen LogP contribution in [-0.2, 0) is 0 Å². The van der Waals surface area contributed by atoms with Gasteiger partial charge >= 0.3 is 0 Å². The lowest BCUT2D eigenvalue weighted by molar-refractivity contribution is 0.252. The van der Waals surface area contributed by atoms with E-state index in [2.05, 4.69) is 16.3 Å². The number of nitriles is 1.